The van der Waals surface area contributed by atoms with E-state index in [4.69, 9.17) is 0 Å². The monoisotopic (exact) mass is 1630 g/mol. The fraction of sp³-hybridized carbons (Fsp3) is 0. The van der Waals surface area contributed by atoms with E-state index in [9.17, 15) is 0 Å². The Morgan fingerprint density at radius 1 is 0.174 bits per heavy atom. The first-order chi connectivity index (χ1) is 60.1. The van der Waals surface area contributed by atoms with E-state index >= 15 is 0 Å². The maximum absolute atomic E-state index is 2.74. The van der Waals surface area contributed by atoms with Gasteiger partial charge in [0.15, 0.2) is 0 Å². The van der Waals surface area contributed by atoms with Crippen molar-refractivity contribution in [3.63, 3.8) is 0 Å². The summed E-state index contributed by atoms with van der Waals surface area (Å²) in [5, 5.41) is 12.5. The molecule has 0 amide bonds. The van der Waals surface area contributed by atoms with Gasteiger partial charge in [0.25, 0.3) is 13.4 Å². The van der Waals surface area contributed by atoms with E-state index in [1.54, 1.807) is 0 Å². The lowest BCUT2D eigenvalue weighted by molar-refractivity contribution is 1.22. The zero-order valence-corrected chi connectivity index (χ0v) is 68.9. The predicted octanol–water partition coefficient (Wildman–Crippen LogP) is 28.6. The molecule has 0 spiro atoms. The molecule has 4 aliphatic heterocycles. The SMILES string of the molecule is c1ccc(N(c2ccccc2)c2cc3c4c(c2)N(c2cccc5c2sc2ccccc25)c2cc5c(cc2B4c2ccccc2N3c2cccc3c2sc2ccccc23)B2c3ccccc3N(c3cccc4c3sc3ccccc34)c3cc(N(c4ccccc4)c4cccc6c4sc4ccccc46)cc(c32)N5c2cccc3c2sc2ccccc23)cc1. The molecule has 23 aromatic rings. The summed E-state index contributed by atoms with van der Waals surface area (Å²) in [6, 6.07) is 148. The Bertz CT molecular complexity index is 8300. The molecular weight excluding hydrogens is 1560 g/mol. The van der Waals surface area contributed by atoms with Gasteiger partial charge < -0.3 is 29.4 Å². The van der Waals surface area contributed by atoms with E-state index in [1.165, 1.54) is 134 Å². The second-order valence-corrected chi connectivity index (χ2v) is 37.3. The van der Waals surface area contributed by atoms with Crippen LogP contribution >= 0.6 is 56.7 Å². The van der Waals surface area contributed by atoms with Gasteiger partial charge in [-0.3, -0.25) is 0 Å². The first kappa shape index (κ1) is 68.0. The van der Waals surface area contributed by atoms with Crippen LogP contribution < -0.4 is 62.2 Å². The molecule has 0 aliphatic carbocycles. The molecular formula is C108H64B2N6S5. The Kier molecular flexibility index (Phi) is 14.7. The van der Waals surface area contributed by atoms with E-state index in [1.807, 2.05) is 56.7 Å². The summed E-state index contributed by atoms with van der Waals surface area (Å²) in [7, 11) is 0. The summed E-state index contributed by atoms with van der Waals surface area (Å²) in [5.74, 6) is 0. The molecule has 0 atom stereocenters. The summed E-state index contributed by atoms with van der Waals surface area (Å²) in [5.41, 5.74) is 27.6. The van der Waals surface area contributed by atoms with Crippen LogP contribution in [0.1, 0.15) is 0 Å². The molecule has 9 heterocycles. The van der Waals surface area contributed by atoms with E-state index in [2.05, 4.69) is 418 Å². The Morgan fingerprint density at radius 3 is 0.802 bits per heavy atom. The standard InChI is InChI=1S/C108H64B2N6S5/c1-4-29-65(30-5-1)111(66-31-6-2-7-32-66)68-59-93-102-95(60-68)115(89-52-27-43-78-73-38-13-22-57-100(73)120-107(78)89)91-64-92-83(63-82(91)109(102)80-45-15-17-47-84(80)113(93)87-50-25-41-76-71-36-11-20-55-98(71)118-105(76)87)110-81-46-16-18-48-85(81)114(88-51-26-42-77-72-37-12-21-56-99(72)119-106(77)88)94-61-69(62-96(103(94)110)116(92)90-53-28-44-79-74-39-14-23-58-101(74)121-108(79)90)112(67-33-8-3-9-34-67)86-49-24-40-75-70-35-10-19-54-97(70)117-104(75)86/h1-64H. The van der Waals surface area contributed by atoms with Crippen LogP contribution in [0.2, 0.25) is 0 Å². The van der Waals surface area contributed by atoms with Gasteiger partial charge in [-0.05, 0) is 172 Å². The minimum Gasteiger partial charge on any atom is -0.310 e. The van der Waals surface area contributed by atoms with Crippen LogP contribution in [-0.2, 0) is 0 Å². The molecule has 5 aromatic heterocycles. The van der Waals surface area contributed by atoms with Gasteiger partial charge >= 0.3 is 0 Å². The fourth-order valence-electron chi connectivity index (χ4n) is 20.8. The molecule has 562 valence electrons. The number of benzene rings is 18. The van der Waals surface area contributed by atoms with Crippen molar-refractivity contribution in [1.82, 2.24) is 0 Å². The van der Waals surface area contributed by atoms with E-state index in [0.717, 1.165) is 102 Å². The average molecular weight is 1630 g/mol. The normalized spacial score (nSPS) is 13.2. The summed E-state index contributed by atoms with van der Waals surface area (Å²) >= 11 is 9.47. The van der Waals surface area contributed by atoms with Gasteiger partial charge in [0, 0.05) is 140 Å². The molecule has 0 N–H and O–H groups in total. The molecule has 27 rings (SSSR count). The molecule has 4 aliphatic rings. The van der Waals surface area contributed by atoms with Gasteiger partial charge in [-0.2, -0.15) is 0 Å². The maximum Gasteiger partial charge on any atom is 0.252 e. The number of nitrogens with zero attached hydrogens (tertiary/aromatic N) is 6. The molecule has 0 radical (unpaired) electrons. The number of rotatable bonds is 10. The van der Waals surface area contributed by atoms with Crippen molar-refractivity contribution in [2.75, 3.05) is 29.4 Å². The molecule has 121 heavy (non-hydrogen) atoms. The molecule has 0 saturated heterocycles. The summed E-state index contributed by atoms with van der Waals surface area (Å²) in [6.07, 6.45) is 0. The number of thiophene rings is 5. The third-order valence-electron chi connectivity index (χ3n) is 25.7. The molecule has 0 unspecified atom stereocenters. The van der Waals surface area contributed by atoms with Crippen molar-refractivity contribution < 1.29 is 0 Å². The minimum atomic E-state index is -0.281. The molecule has 0 bridgehead atoms. The van der Waals surface area contributed by atoms with Crippen LogP contribution in [0, 0.1) is 0 Å². The third-order valence-corrected chi connectivity index (χ3v) is 31.8. The zero-order chi connectivity index (χ0) is 78.8. The predicted molar refractivity (Wildman–Crippen MR) is 528 cm³/mol. The molecule has 0 fully saturated rings. The van der Waals surface area contributed by atoms with Crippen molar-refractivity contribution in [2.24, 2.45) is 0 Å². The van der Waals surface area contributed by atoms with Crippen LogP contribution in [0.25, 0.3) is 101 Å². The third kappa shape index (κ3) is 9.86. The van der Waals surface area contributed by atoms with Crippen LogP contribution in [-0.4, -0.2) is 13.4 Å². The van der Waals surface area contributed by atoms with Crippen molar-refractivity contribution in [1.29, 1.82) is 0 Å². The summed E-state index contributed by atoms with van der Waals surface area (Å²) in [6.45, 7) is -0.552. The van der Waals surface area contributed by atoms with E-state index in [0.29, 0.717) is 0 Å². The number of anilines is 18. The van der Waals surface area contributed by atoms with Crippen molar-refractivity contribution >= 4 is 306 Å². The molecule has 0 saturated carbocycles. The zero-order valence-electron chi connectivity index (χ0n) is 64.8. The highest BCUT2D eigenvalue weighted by Crippen LogP contribution is 2.58. The second-order valence-electron chi connectivity index (χ2n) is 32.0. The van der Waals surface area contributed by atoms with Gasteiger partial charge in [0.05, 0.1) is 63.3 Å². The Labute approximate surface area is 717 Å². The highest BCUT2D eigenvalue weighted by molar-refractivity contribution is 7.28. The van der Waals surface area contributed by atoms with E-state index in [-0.39, 0.29) is 13.4 Å². The topological polar surface area (TPSA) is 19.4 Å². The van der Waals surface area contributed by atoms with Crippen molar-refractivity contribution in [3.05, 3.63) is 388 Å². The second kappa shape index (κ2) is 26.2. The fourth-order valence-corrected chi connectivity index (χ4v) is 26.8. The minimum absolute atomic E-state index is 0.271. The van der Waals surface area contributed by atoms with Crippen LogP contribution in [0.5, 0.6) is 0 Å². The van der Waals surface area contributed by atoms with Gasteiger partial charge in [-0.25, -0.2) is 0 Å². The lowest BCUT2D eigenvalue weighted by Crippen LogP contribution is -2.65. The number of hydrogen-bond acceptors (Lipinski definition) is 11. The van der Waals surface area contributed by atoms with E-state index < -0.39 is 0 Å². The first-order valence-electron chi connectivity index (χ1n) is 41.3. The largest absolute Gasteiger partial charge is 0.310 e. The Balaban J connectivity index is 0.810. The van der Waals surface area contributed by atoms with Crippen LogP contribution in [0.15, 0.2) is 388 Å². The quantitative estimate of drug-likeness (QED) is 0.126. The molecule has 6 nitrogen and oxygen atoms in total. The lowest BCUT2D eigenvalue weighted by atomic mass is 9.30. The van der Waals surface area contributed by atoms with Gasteiger partial charge in [0.1, 0.15) is 0 Å². The van der Waals surface area contributed by atoms with Crippen LogP contribution in [0.3, 0.4) is 0 Å². The van der Waals surface area contributed by atoms with Gasteiger partial charge in [-0.1, -0.05) is 249 Å². The smallest absolute Gasteiger partial charge is 0.252 e. The van der Waals surface area contributed by atoms with Crippen molar-refractivity contribution in [2.45, 2.75) is 0 Å². The maximum atomic E-state index is 2.74. The number of fused-ring (bicyclic) bond motifs is 23. The van der Waals surface area contributed by atoms with Gasteiger partial charge in [-0.15, -0.1) is 56.7 Å². The van der Waals surface area contributed by atoms with Crippen LogP contribution in [0.4, 0.5) is 102 Å². The summed E-state index contributed by atoms with van der Waals surface area (Å²) < 4.78 is 12.5. The Morgan fingerprint density at radius 2 is 0.438 bits per heavy atom. The first-order valence-corrected chi connectivity index (χ1v) is 45.3. The van der Waals surface area contributed by atoms with Crippen molar-refractivity contribution in [3.8, 4) is 0 Å². The molecule has 18 aromatic carbocycles. The van der Waals surface area contributed by atoms with Gasteiger partial charge in [0.2, 0.25) is 0 Å². The summed E-state index contributed by atoms with van der Waals surface area (Å²) in [4.78, 5) is 15.8. The highest BCUT2D eigenvalue weighted by Gasteiger charge is 2.50. The highest BCUT2D eigenvalue weighted by atomic mass is 32.1. The molecule has 13 heteroatoms. The lowest BCUT2D eigenvalue weighted by Gasteiger charge is -2.48. The average Bonchev–Trinajstić information content (AvgIpc) is 1.48. The Hall–Kier alpha value is -14.0. The number of hydrogen-bond donors (Lipinski definition) is 0. The number of para-hydroxylation sites is 5.